The Morgan fingerprint density at radius 3 is 2.75 bits per heavy atom. The highest BCUT2D eigenvalue weighted by Gasteiger charge is 2.40. The minimum absolute atomic E-state index is 0.171. The second-order valence-corrected chi connectivity index (χ2v) is 6.68. The molecular weight excluding hydrogens is 328 g/mol. The molecule has 0 radical (unpaired) electrons. The summed E-state index contributed by atoms with van der Waals surface area (Å²) in [6, 6.07) is 7.12. The van der Waals surface area contributed by atoms with E-state index in [4.69, 9.17) is 0 Å². The van der Waals surface area contributed by atoms with Crippen molar-refractivity contribution < 1.29 is 14.4 Å². The number of benzene rings is 1. The van der Waals surface area contributed by atoms with E-state index in [0.29, 0.717) is 25.0 Å². The van der Waals surface area contributed by atoms with E-state index < -0.39 is 0 Å². The third-order valence-electron chi connectivity index (χ3n) is 4.27. The topological polar surface area (TPSA) is 83.5 Å². The van der Waals surface area contributed by atoms with Gasteiger partial charge in [0.2, 0.25) is 5.91 Å². The first-order chi connectivity index (χ1) is 11.6. The monoisotopic (exact) mass is 342 g/mol. The first-order valence-corrected chi connectivity index (χ1v) is 8.62. The SMILES string of the molecule is O=C(c1cnc2ccccc2n1)N1CCC(N2C(=O)CSC2=O)C1. The molecule has 0 bridgehead atoms. The maximum absolute atomic E-state index is 12.6. The number of hydrogen-bond acceptors (Lipinski definition) is 6. The summed E-state index contributed by atoms with van der Waals surface area (Å²) in [5.74, 6) is -0.198. The smallest absolute Gasteiger partial charge is 0.289 e. The van der Waals surface area contributed by atoms with Crippen LogP contribution in [0.3, 0.4) is 0 Å². The summed E-state index contributed by atoms with van der Waals surface area (Å²) in [7, 11) is 0. The maximum atomic E-state index is 12.6. The lowest BCUT2D eigenvalue weighted by Crippen LogP contribution is -2.41. The van der Waals surface area contributed by atoms with Gasteiger partial charge in [-0.1, -0.05) is 23.9 Å². The number of thioether (sulfide) groups is 1. The molecule has 0 saturated carbocycles. The molecule has 3 amide bonds. The zero-order chi connectivity index (χ0) is 16.7. The van der Waals surface area contributed by atoms with Crippen molar-refractivity contribution in [1.29, 1.82) is 0 Å². The summed E-state index contributed by atoms with van der Waals surface area (Å²) in [5, 5.41) is -0.218. The zero-order valence-corrected chi connectivity index (χ0v) is 13.5. The van der Waals surface area contributed by atoms with Crippen LogP contribution in [0.4, 0.5) is 4.79 Å². The van der Waals surface area contributed by atoms with Gasteiger partial charge in [-0.3, -0.25) is 24.3 Å². The van der Waals surface area contributed by atoms with Gasteiger partial charge in [-0.15, -0.1) is 0 Å². The van der Waals surface area contributed by atoms with Crippen molar-refractivity contribution in [1.82, 2.24) is 19.8 Å². The number of aromatic nitrogens is 2. The number of likely N-dealkylation sites (tertiary alicyclic amines) is 1. The molecule has 0 spiro atoms. The van der Waals surface area contributed by atoms with Gasteiger partial charge < -0.3 is 4.90 Å². The first-order valence-electron chi connectivity index (χ1n) is 7.63. The van der Waals surface area contributed by atoms with E-state index in [1.807, 2.05) is 24.3 Å². The number of para-hydroxylation sites is 2. The molecule has 3 heterocycles. The van der Waals surface area contributed by atoms with Crippen molar-refractivity contribution in [3.8, 4) is 0 Å². The van der Waals surface area contributed by atoms with Crippen molar-refractivity contribution >= 4 is 39.8 Å². The van der Waals surface area contributed by atoms with Gasteiger partial charge in [-0.2, -0.15) is 0 Å². The van der Waals surface area contributed by atoms with E-state index in [9.17, 15) is 14.4 Å². The Hall–Kier alpha value is -2.48. The van der Waals surface area contributed by atoms with Crippen LogP contribution in [-0.2, 0) is 4.79 Å². The second-order valence-electron chi connectivity index (χ2n) is 5.76. The molecule has 1 unspecified atom stereocenters. The van der Waals surface area contributed by atoms with Gasteiger partial charge in [-0.25, -0.2) is 4.98 Å². The molecule has 8 heteroatoms. The molecule has 4 rings (SSSR count). The van der Waals surface area contributed by atoms with Crippen LogP contribution in [0.15, 0.2) is 30.5 Å². The molecule has 1 aromatic heterocycles. The minimum Gasteiger partial charge on any atom is -0.335 e. The number of hydrogen-bond donors (Lipinski definition) is 0. The lowest BCUT2D eigenvalue weighted by atomic mass is 10.2. The van der Waals surface area contributed by atoms with Gasteiger partial charge in [0.1, 0.15) is 5.69 Å². The average Bonchev–Trinajstić information content (AvgIpc) is 3.20. The van der Waals surface area contributed by atoms with Crippen LogP contribution in [-0.4, -0.2) is 61.7 Å². The number of carbonyl (C=O) groups excluding carboxylic acids is 3. The van der Waals surface area contributed by atoms with Crippen LogP contribution < -0.4 is 0 Å². The van der Waals surface area contributed by atoms with Gasteiger partial charge in [-0.05, 0) is 18.6 Å². The summed E-state index contributed by atoms with van der Waals surface area (Å²) in [4.78, 5) is 47.8. The average molecular weight is 342 g/mol. The van der Waals surface area contributed by atoms with Crippen molar-refractivity contribution in [2.75, 3.05) is 18.8 Å². The molecule has 2 aliphatic heterocycles. The fourth-order valence-electron chi connectivity index (χ4n) is 3.08. The van der Waals surface area contributed by atoms with Crippen molar-refractivity contribution in [3.63, 3.8) is 0 Å². The van der Waals surface area contributed by atoms with Gasteiger partial charge >= 0.3 is 0 Å². The number of amides is 3. The van der Waals surface area contributed by atoms with Crippen LogP contribution in [0.5, 0.6) is 0 Å². The number of nitrogens with zero attached hydrogens (tertiary/aromatic N) is 4. The molecule has 2 aromatic rings. The zero-order valence-electron chi connectivity index (χ0n) is 12.7. The Morgan fingerprint density at radius 1 is 1.21 bits per heavy atom. The highest BCUT2D eigenvalue weighted by Crippen LogP contribution is 2.26. The summed E-state index contributed by atoms with van der Waals surface area (Å²) < 4.78 is 0. The van der Waals surface area contributed by atoms with Gasteiger partial charge in [0.05, 0.1) is 29.0 Å². The summed E-state index contributed by atoms with van der Waals surface area (Å²) in [5.41, 5.74) is 1.68. The Bertz CT molecular complexity index is 840. The second kappa shape index (κ2) is 5.86. The summed E-state index contributed by atoms with van der Waals surface area (Å²) >= 11 is 1.02. The Balaban J connectivity index is 1.52. The molecule has 122 valence electrons. The van der Waals surface area contributed by atoms with Crippen LogP contribution in [0.1, 0.15) is 16.9 Å². The highest BCUT2D eigenvalue weighted by atomic mass is 32.2. The molecule has 2 fully saturated rings. The van der Waals surface area contributed by atoms with E-state index in [1.165, 1.54) is 11.1 Å². The summed E-state index contributed by atoms with van der Waals surface area (Å²) in [6.45, 7) is 0.852. The lowest BCUT2D eigenvalue weighted by molar-refractivity contribution is -0.126. The van der Waals surface area contributed by atoms with Gasteiger partial charge in [0.25, 0.3) is 11.1 Å². The van der Waals surface area contributed by atoms with E-state index in [0.717, 1.165) is 17.3 Å². The molecule has 1 aromatic carbocycles. The first kappa shape index (κ1) is 15.1. The molecule has 2 saturated heterocycles. The van der Waals surface area contributed by atoms with Gasteiger partial charge in [0, 0.05) is 13.1 Å². The number of carbonyl (C=O) groups is 3. The highest BCUT2D eigenvalue weighted by molar-refractivity contribution is 8.14. The van der Waals surface area contributed by atoms with Crippen molar-refractivity contribution in [2.45, 2.75) is 12.5 Å². The number of fused-ring (bicyclic) bond motifs is 1. The molecule has 2 aliphatic rings. The standard InChI is InChI=1S/C16H14N4O3S/c21-14-9-24-16(23)20(14)10-5-6-19(8-10)15(22)13-7-17-11-3-1-2-4-12(11)18-13/h1-4,7,10H,5-6,8-9H2. The fraction of sp³-hybridized carbons (Fsp3) is 0.312. The van der Waals surface area contributed by atoms with E-state index in [1.54, 1.807) is 4.90 Å². The predicted octanol–water partition coefficient (Wildman–Crippen LogP) is 1.54. The maximum Gasteiger partial charge on any atom is 0.289 e. The van der Waals surface area contributed by atoms with E-state index in [-0.39, 0.29) is 34.5 Å². The van der Waals surface area contributed by atoms with Crippen LogP contribution >= 0.6 is 11.8 Å². The molecule has 1 atom stereocenters. The van der Waals surface area contributed by atoms with E-state index in [2.05, 4.69) is 9.97 Å². The molecule has 0 N–H and O–H groups in total. The Morgan fingerprint density at radius 2 is 2.00 bits per heavy atom. The third-order valence-corrected chi connectivity index (χ3v) is 5.10. The third kappa shape index (κ3) is 2.52. The number of imide groups is 1. The predicted molar refractivity (Wildman–Crippen MR) is 88.5 cm³/mol. The minimum atomic E-state index is -0.239. The van der Waals surface area contributed by atoms with Crippen LogP contribution in [0.25, 0.3) is 11.0 Å². The van der Waals surface area contributed by atoms with Crippen LogP contribution in [0, 0.1) is 0 Å². The Labute approximate surface area is 142 Å². The van der Waals surface area contributed by atoms with Gasteiger partial charge in [0.15, 0.2) is 0 Å². The van der Waals surface area contributed by atoms with Crippen molar-refractivity contribution in [2.24, 2.45) is 0 Å². The largest absolute Gasteiger partial charge is 0.335 e. The lowest BCUT2D eigenvalue weighted by Gasteiger charge is -2.21. The molecular formula is C16H14N4O3S. The number of rotatable bonds is 2. The Kier molecular flexibility index (Phi) is 3.68. The fourth-order valence-corrected chi connectivity index (χ4v) is 3.85. The van der Waals surface area contributed by atoms with Crippen molar-refractivity contribution in [3.05, 3.63) is 36.2 Å². The normalized spacial score (nSPS) is 21.1. The molecule has 7 nitrogen and oxygen atoms in total. The molecule has 0 aliphatic carbocycles. The van der Waals surface area contributed by atoms with Crippen LogP contribution in [0.2, 0.25) is 0 Å². The molecule has 24 heavy (non-hydrogen) atoms. The van der Waals surface area contributed by atoms with E-state index >= 15 is 0 Å². The summed E-state index contributed by atoms with van der Waals surface area (Å²) in [6.07, 6.45) is 2.07. The quantitative estimate of drug-likeness (QED) is 0.823.